The molecule has 1 aromatic rings. The van der Waals surface area contributed by atoms with Crippen LogP contribution >= 0.6 is 11.3 Å². The van der Waals surface area contributed by atoms with Crippen molar-refractivity contribution in [2.45, 2.75) is 50.6 Å². The van der Waals surface area contributed by atoms with Crippen LogP contribution in [-0.4, -0.2) is 36.6 Å². The summed E-state index contributed by atoms with van der Waals surface area (Å²) < 4.78 is 0. The highest BCUT2D eigenvalue weighted by Gasteiger charge is 2.31. The smallest absolute Gasteiger partial charge is 0.0249 e. The van der Waals surface area contributed by atoms with Gasteiger partial charge in [0.1, 0.15) is 0 Å². The van der Waals surface area contributed by atoms with Crippen molar-refractivity contribution in [2.24, 2.45) is 0 Å². The highest BCUT2D eigenvalue weighted by Crippen LogP contribution is 2.24. The Balaban J connectivity index is 1.57. The monoisotopic (exact) mass is 264 g/mol. The maximum Gasteiger partial charge on any atom is 0.0249 e. The molecule has 2 fully saturated rings. The molecule has 1 N–H and O–H groups in total. The molecular weight excluding hydrogens is 240 g/mol. The van der Waals surface area contributed by atoms with E-state index in [-0.39, 0.29) is 0 Å². The summed E-state index contributed by atoms with van der Waals surface area (Å²) >= 11 is 1.90. The minimum atomic E-state index is 0.772. The van der Waals surface area contributed by atoms with Gasteiger partial charge in [0, 0.05) is 23.5 Å². The molecule has 0 radical (unpaired) electrons. The first-order valence-corrected chi connectivity index (χ1v) is 8.31. The van der Waals surface area contributed by atoms with Gasteiger partial charge in [-0.3, -0.25) is 4.90 Å². The van der Waals surface area contributed by atoms with E-state index in [2.05, 4.69) is 27.7 Å². The molecule has 3 heteroatoms. The van der Waals surface area contributed by atoms with Crippen LogP contribution in [0.15, 0.2) is 17.5 Å². The number of nitrogens with zero attached hydrogens (tertiary/aromatic N) is 1. The summed E-state index contributed by atoms with van der Waals surface area (Å²) in [6, 6.07) is 6.03. The summed E-state index contributed by atoms with van der Waals surface area (Å²) in [5.41, 5.74) is 0. The van der Waals surface area contributed by atoms with Gasteiger partial charge in [-0.25, -0.2) is 0 Å². The third-order valence-corrected chi connectivity index (χ3v) is 5.39. The van der Waals surface area contributed by atoms with E-state index < -0.39 is 0 Å². The van der Waals surface area contributed by atoms with Gasteiger partial charge in [-0.15, -0.1) is 11.3 Å². The van der Waals surface area contributed by atoms with Crippen LogP contribution in [0.3, 0.4) is 0 Å². The molecule has 0 aliphatic carbocycles. The zero-order valence-electron chi connectivity index (χ0n) is 11.1. The molecule has 18 heavy (non-hydrogen) atoms. The zero-order valence-corrected chi connectivity index (χ0v) is 11.9. The first-order valence-electron chi connectivity index (χ1n) is 7.43. The molecule has 2 atom stereocenters. The van der Waals surface area contributed by atoms with Gasteiger partial charge in [0.25, 0.3) is 0 Å². The topological polar surface area (TPSA) is 15.3 Å². The van der Waals surface area contributed by atoms with Gasteiger partial charge in [0.15, 0.2) is 0 Å². The fourth-order valence-corrected chi connectivity index (χ4v) is 4.20. The van der Waals surface area contributed by atoms with Crippen molar-refractivity contribution >= 4 is 11.3 Å². The lowest BCUT2D eigenvalue weighted by atomic mass is 9.94. The molecule has 2 unspecified atom stereocenters. The largest absolute Gasteiger partial charge is 0.312 e. The number of likely N-dealkylation sites (tertiary alicyclic amines) is 1. The molecule has 2 aliphatic rings. The van der Waals surface area contributed by atoms with E-state index in [9.17, 15) is 0 Å². The van der Waals surface area contributed by atoms with Crippen molar-refractivity contribution in [1.82, 2.24) is 10.2 Å². The molecule has 0 aromatic carbocycles. The van der Waals surface area contributed by atoms with Gasteiger partial charge in [-0.2, -0.15) is 0 Å². The summed E-state index contributed by atoms with van der Waals surface area (Å²) in [6.45, 7) is 3.80. The molecule has 2 saturated heterocycles. The lowest BCUT2D eigenvalue weighted by Crippen LogP contribution is -2.50. The quantitative estimate of drug-likeness (QED) is 0.899. The molecule has 1 aromatic heterocycles. The summed E-state index contributed by atoms with van der Waals surface area (Å²) in [6.07, 6.45) is 8.23. The van der Waals surface area contributed by atoms with Gasteiger partial charge in [0.2, 0.25) is 0 Å². The second-order valence-electron chi connectivity index (χ2n) is 5.63. The molecule has 3 rings (SSSR count). The Morgan fingerprint density at radius 1 is 1.28 bits per heavy atom. The lowest BCUT2D eigenvalue weighted by molar-refractivity contribution is 0.121. The van der Waals surface area contributed by atoms with Crippen molar-refractivity contribution < 1.29 is 0 Å². The number of piperidine rings is 1. The van der Waals surface area contributed by atoms with Crippen LogP contribution in [0.2, 0.25) is 0 Å². The maximum atomic E-state index is 3.71. The second-order valence-corrected chi connectivity index (χ2v) is 6.66. The van der Waals surface area contributed by atoms with Crippen molar-refractivity contribution in [3.63, 3.8) is 0 Å². The van der Waals surface area contributed by atoms with Gasteiger partial charge < -0.3 is 5.32 Å². The Bertz CT molecular complexity index is 343. The van der Waals surface area contributed by atoms with E-state index in [0.29, 0.717) is 0 Å². The molecule has 2 nitrogen and oxygen atoms in total. The third kappa shape index (κ3) is 2.95. The number of hydrogen-bond acceptors (Lipinski definition) is 3. The van der Waals surface area contributed by atoms with Crippen LogP contribution in [0.4, 0.5) is 0 Å². The summed E-state index contributed by atoms with van der Waals surface area (Å²) in [7, 11) is 0. The number of rotatable bonds is 4. The van der Waals surface area contributed by atoms with Crippen LogP contribution in [0.1, 0.15) is 37.0 Å². The summed E-state index contributed by atoms with van der Waals surface area (Å²) in [4.78, 5) is 4.30. The third-order valence-electron chi connectivity index (χ3n) is 4.45. The summed E-state index contributed by atoms with van der Waals surface area (Å²) in [5.74, 6) is 0. The van der Waals surface area contributed by atoms with E-state index in [0.717, 1.165) is 12.1 Å². The Labute approximate surface area is 114 Å². The van der Waals surface area contributed by atoms with E-state index >= 15 is 0 Å². The molecule has 100 valence electrons. The van der Waals surface area contributed by atoms with Crippen molar-refractivity contribution in [3.05, 3.63) is 22.4 Å². The van der Waals surface area contributed by atoms with E-state index in [1.807, 2.05) is 11.3 Å². The molecule has 0 saturated carbocycles. The molecule has 0 spiro atoms. The number of nitrogens with one attached hydrogen (secondary N) is 1. The van der Waals surface area contributed by atoms with Crippen molar-refractivity contribution in [2.75, 3.05) is 19.6 Å². The van der Waals surface area contributed by atoms with Crippen molar-refractivity contribution in [1.29, 1.82) is 0 Å². The van der Waals surface area contributed by atoms with Gasteiger partial charge in [-0.1, -0.05) is 12.5 Å². The predicted molar refractivity (Wildman–Crippen MR) is 78.3 cm³/mol. The first kappa shape index (κ1) is 12.6. The van der Waals surface area contributed by atoms with Crippen LogP contribution in [0.5, 0.6) is 0 Å². The predicted octanol–water partition coefficient (Wildman–Crippen LogP) is 2.90. The second kappa shape index (κ2) is 6.18. The fourth-order valence-electron chi connectivity index (χ4n) is 3.50. The van der Waals surface area contributed by atoms with E-state index in [4.69, 9.17) is 0 Å². The standard InChI is InChI=1S/C15H24N2S/c1-2-10-17(11-8-13-5-4-12-18-13)15(7-1)14-6-3-9-16-14/h4-5,12,14-16H,1-3,6-11H2. The van der Waals surface area contributed by atoms with E-state index in [1.165, 1.54) is 58.2 Å². The first-order chi connectivity index (χ1) is 8.93. The Kier molecular flexibility index (Phi) is 4.34. The SMILES string of the molecule is c1csc(CCN2CCCCC2C2CCCN2)c1. The summed E-state index contributed by atoms with van der Waals surface area (Å²) in [5, 5.41) is 5.91. The highest BCUT2D eigenvalue weighted by atomic mass is 32.1. The number of hydrogen-bond donors (Lipinski definition) is 1. The van der Waals surface area contributed by atoms with E-state index in [1.54, 1.807) is 4.88 Å². The average molecular weight is 264 g/mol. The zero-order chi connectivity index (χ0) is 12.2. The minimum absolute atomic E-state index is 0.772. The normalized spacial score (nSPS) is 29.8. The van der Waals surface area contributed by atoms with Gasteiger partial charge in [0.05, 0.1) is 0 Å². The van der Waals surface area contributed by atoms with Gasteiger partial charge >= 0.3 is 0 Å². The van der Waals surface area contributed by atoms with Gasteiger partial charge in [-0.05, 0) is 56.6 Å². The molecule has 3 heterocycles. The highest BCUT2D eigenvalue weighted by molar-refractivity contribution is 7.09. The average Bonchev–Trinajstić information content (AvgIpc) is 3.10. The Morgan fingerprint density at radius 2 is 2.28 bits per heavy atom. The molecule has 2 aliphatic heterocycles. The molecule has 0 bridgehead atoms. The van der Waals surface area contributed by atoms with Crippen LogP contribution in [0, 0.1) is 0 Å². The number of thiophene rings is 1. The fraction of sp³-hybridized carbons (Fsp3) is 0.733. The lowest BCUT2D eigenvalue weighted by Gasteiger charge is -2.39. The van der Waals surface area contributed by atoms with Crippen molar-refractivity contribution in [3.8, 4) is 0 Å². The van der Waals surface area contributed by atoms with Crippen LogP contribution < -0.4 is 5.32 Å². The van der Waals surface area contributed by atoms with Crippen LogP contribution in [0.25, 0.3) is 0 Å². The maximum absolute atomic E-state index is 3.71. The Morgan fingerprint density at radius 3 is 3.06 bits per heavy atom. The minimum Gasteiger partial charge on any atom is -0.312 e. The van der Waals surface area contributed by atoms with Crippen LogP contribution in [-0.2, 0) is 6.42 Å². The molecular formula is C15H24N2S. The molecule has 0 amide bonds. The Hall–Kier alpha value is -0.380.